The number of carbonyl (C=O) groups is 1. The van der Waals surface area contributed by atoms with E-state index in [0.29, 0.717) is 48.5 Å². The Hall–Kier alpha value is -3.71. The van der Waals surface area contributed by atoms with Gasteiger partial charge < -0.3 is 19.3 Å². The number of rotatable bonds is 7. The average Bonchev–Trinajstić information content (AvgIpc) is 3.28. The lowest BCUT2D eigenvalue weighted by Crippen LogP contribution is -2.68. The Kier molecular flexibility index (Phi) is 6.62. The third-order valence-electron chi connectivity index (χ3n) is 7.40. The summed E-state index contributed by atoms with van der Waals surface area (Å²) < 4.78 is 38.5. The van der Waals surface area contributed by atoms with E-state index in [0.717, 1.165) is 26.2 Å². The number of hydrogen-bond acceptors (Lipinski definition) is 9. The topological polar surface area (TPSA) is 102 Å². The lowest BCUT2D eigenvalue weighted by molar-refractivity contribution is -0.156. The quantitative estimate of drug-likeness (QED) is 0.455. The van der Waals surface area contributed by atoms with E-state index >= 15 is 0 Å². The predicted molar refractivity (Wildman–Crippen MR) is 131 cm³/mol. The van der Waals surface area contributed by atoms with E-state index in [1.165, 1.54) is 12.1 Å². The molecule has 3 aliphatic rings. The predicted octanol–water partition coefficient (Wildman–Crippen LogP) is 1.61. The monoisotopic (exact) mass is 526 g/mol. The number of hydrogen-bond donors (Lipinski definition) is 0. The zero-order chi connectivity index (χ0) is 26.2. The second kappa shape index (κ2) is 10.2. The first-order chi connectivity index (χ1) is 18.5. The number of piperazine rings is 2. The number of fused-ring (bicyclic) bond motifs is 1. The molecule has 1 amide bonds. The van der Waals surface area contributed by atoms with E-state index in [2.05, 4.69) is 30.3 Å². The molecule has 1 aromatic carbocycles. The fourth-order valence-corrected chi connectivity index (χ4v) is 5.05. The summed E-state index contributed by atoms with van der Waals surface area (Å²) in [4.78, 5) is 19.4. The van der Waals surface area contributed by atoms with Crippen LogP contribution < -0.4 is 9.64 Å². The number of amides is 1. The lowest BCUT2D eigenvalue weighted by Gasteiger charge is -2.49. The maximum atomic E-state index is 13.1. The molecule has 11 nitrogen and oxygen atoms in total. The number of carbonyl (C=O) groups excluding carboxylic acids is 1. The molecule has 0 unspecified atom stereocenters. The first-order valence-corrected chi connectivity index (χ1v) is 12.6. The van der Waals surface area contributed by atoms with Crippen molar-refractivity contribution in [2.45, 2.75) is 32.0 Å². The van der Waals surface area contributed by atoms with Gasteiger partial charge in [0, 0.05) is 44.4 Å². The number of aryl methyl sites for hydroxylation is 1. The van der Waals surface area contributed by atoms with Gasteiger partial charge in [0.15, 0.2) is 5.82 Å². The molecule has 5 heterocycles. The Morgan fingerprint density at radius 2 is 1.82 bits per heavy atom. The molecule has 3 aromatic rings. The SMILES string of the molecule is Cc1nnn(-c2ccc(C(F)F)cc2)c1COc1ccc(N2CCN3CCN(C4COC4)C(=O)[C@@H]3C2)nn1. The smallest absolute Gasteiger partial charge is 0.263 e. The van der Waals surface area contributed by atoms with E-state index in [1.807, 2.05) is 11.0 Å². The second-order valence-electron chi connectivity index (χ2n) is 9.66. The molecule has 6 rings (SSSR count). The zero-order valence-electron chi connectivity index (χ0n) is 20.9. The molecule has 2 aromatic heterocycles. The van der Waals surface area contributed by atoms with Crippen LogP contribution in [0.2, 0.25) is 0 Å². The third kappa shape index (κ3) is 4.67. The second-order valence-corrected chi connectivity index (χ2v) is 9.66. The molecule has 3 fully saturated rings. The van der Waals surface area contributed by atoms with Crippen molar-refractivity contribution in [3.8, 4) is 11.6 Å². The highest BCUT2D eigenvalue weighted by Gasteiger charge is 2.42. The largest absolute Gasteiger partial charge is 0.470 e. The molecular weight excluding hydrogens is 498 g/mol. The van der Waals surface area contributed by atoms with Crippen LogP contribution in [0.5, 0.6) is 5.88 Å². The molecule has 0 saturated carbocycles. The van der Waals surface area contributed by atoms with Gasteiger partial charge >= 0.3 is 0 Å². The highest BCUT2D eigenvalue weighted by Crippen LogP contribution is 2.25. The van der Waals surface area contributed by atoms with E-state index < -0.39 is 6.43 Å². The first-order valence-electron chi connectivity index (χ1n) is 12.6. The summed E-state index contributed by atoms with van der Waals surface area (Å²) in [6.07, 6.45) is -2.53. The van der Waals surface area contributed by atoms with Gasteiger partial charge in [-0.3, -0.25) is 9.69 Å². The maximum absolute atomic E-state index is 13.1. The standard InChI is InChI=1S/C25H28F2N8O3/c1-16-21(35(31-28-16)18-4-2-17(3-5-18)24(26)27)15-38-23-7-6-22(29-30-23)33-9-8-32-10-11-34(19-13-37-14-19)25(36)20(32)12-33/h2-7,19-20,24H,8-15H2,1H3/t20-/m0/s1. The van der Waals surface area contributed by atoms with Gasteiger partial charge in [-0.15, -0.1) is 15.3 Å². The molecule has 1 atom stereocenters. The molecule has 200 valence electrons. The Morgan fingerprint density at radius 3 is 2.50 bits per heavy atom. The highest BCUT2D eigenvalue weighted by molar-refractivity contribution is 5.84. The van der Waals surface area contributed by atoms with E-state index in [-0.39, 0.29) is 30.2 Å². The minimum Gasteiger partial charge on any atom is -0.470 e. The molecule has 0 aliphatic carbocycles. The Labute approximate surface area is 217 Å². The molecule has 0 bridgehead atoms. The van der Waals surface area contributed by atoms with Crippen LogP contribution in [0, 0.1) is 6.92 Å². The van der Waals surface area contributed by atoms with Gasteiger partial charge in [-0.2, -0.15) is 0 Å². The van der Waals surface area contributed by atoms with Crippen molar-refractivity contribution in [3.63, 3.8) is 0 Å². The summed E-state index contributed by atoms with van der Waals surface area (Å²) in [6.45, 7) is 6.92. The molecule has 0 spiro atoms. The van der Waals surface area contributed by atoms with Gasteiger partial charge in [0.1, 0.15) is 18.3 Å². The summed E-state index contributed by atoms with van der Waals surface area (Å²) in [5.74, 6) is 1.18. The van der Waals surface area contributed by atoms with Crippen molar-refractivity contribution < 1.29 is 23.0 Å². The lowest BCUT2D eigenvalue weighted by atomic mass is 10.0. The average molecular weight is 527 g/mol. The van der Waals surface area contributed by atoms with Crippen molar-refractivity contribution in [2.75, 3.05) is 50.8 Å². The number of benzene rings is 1. The summed E-state index contributed by atoms with van der Waals surface area (Å²) >= 11 is 0. The van der Waals surface area contributed by atoms with Crippen molar-refractivity contribution in [1.29, 1.82) is 0 Å². The van der Waals surface area contributed by atoms with E-state index in [4.69, 9.17) is 9.47 Å². The van der Waals surface area contributed by atoms with Gasteiger partial charge in [0.25, 0.3) is 6.43 Å². The molecule has 0 radical (unpaired) electrons. The Morgan fingerprint density at radius 1 is 1.03 bits per heavy atom. The van der Waals surface area contributed by atoms with Gasteiger partial charge in [-0.25, -0.2) is 13.5 Å². The molecule has 13 heteroatoms. The Balaban J connectivity index is 1.10. The number of ether oxygens (including phenoxy) is 2. The van der Waals surface area contributed by atoms with Crippen molar-refractivity contribution in [1.82, 2.24) is 35.0 Å². The number of nitrogens with zero attached hydrogens (tertiary/aromatic N) is 8. The fraction of sp³-hybridized carbons (Fsp3) is 0.480. The van der Waals surface area contributed by atoms with Crippen LogP contribution in [0.1, 0.15) is 23.4 Å². The summed E-state index contributed by atoms with van der Waals surface area (Å²) in [5.41, 5.74) is 1.88. The van der Waals surface area contributed by atoms with Gasteiger partial charge in [0.05, 0.1) is 30.6 Å². The third-order valence-corrected chi connectivity index (χ3v) is 7.40. The Bertz CT molecular complexity index is 1280. The number of aromatic nitrogens is 5. The van der Waals surface area contributed by atoms with Crippen LogP contribution in [-0.2, 0) is 16.1 Å². The van der Waals surface area contributed by atoms with Crippen LogP contribution >= 0.6 is 0 Å². The van der Waals surface area contributed by atoms with Gasteiger partial charge in [0.2, 0.25) is 11.8 Å². The number of halogens is 2. The molecule has 3 aliphatic heterocycles. The minimum absolute atomic E-state index is 0.0571. The zero-order valence-corrected chi connectivity index (χ0v) is 20.9. The van der Waals surface area contributed by atoms with Gasteiger partial charge in [-0.1, -0.05) is 17.3 Å². The maximum Gasteiger partial charge on any atom is 0.263 e. The summed E-state index contributed by atoms with van der Waals surface area (Å²) in [5, 5.41) is 16.8. The first kappa shape index (κ1) is 24.6. The van der Waals surface area contributed by atoms with Crippen molar-refractivity contribution in [2.24, 2.45) is 0 Å². The number of alkyl halides is 2. The van der Waals surface area contributed by atoms with Crippen LogP contribution in [0.15, 0.2) is 36.4 Å². The molecule has 3 saturated heterocycles. The highest BCUT2D eigenvalue weighted by atomic mass is 19.3. The molecule has 38 heavy (non-hydrogen) atoms. The van der Waals surface area contributed by atoms with Crippen molar-refractivity contribution >= 4 is 11.7 Å². The molecule has 0 N–H and O–H groups in total. The van der Waals surface area contributed by atoms with Crippen LogP contribution in [0.25, 0.3) is 5.69 Å². The van der Waals surface area contributed by atoms with Crippen LogP contribution in [-0.4, -0.2) is 98.9 Å². The normalized spacial score (nSPS) is 20.5. The molecular formula is C25H28F2N8O3. The summed E-state index contributed by atoms with van der Waals surface area (Å²) in [6, 6.07) is 9.47. The van der Waals surface area contributed by atoms with E-state index in [9.17, 15) is 13.6 Å². The van der Waals surface area contributed by atoms with Crippen LogP contribution in [0.4, 0.5) is 14.6 Å². The van der Waals surface area contributed by atoms with Crippen molar-refractivity contribution in [3.05, 3.63) is 53.3 Å². The van der Waals surface area contributed by atoms with Crippen LogP contribution in [0.3, 0.4) is 0 Å². The number of anilines is 1. The van der Waals surface area contributed by atoms with E-state index in [1.54, 1.807) is 29.8 Å². The summed E-state index contributed by atoms with van der Waals surface area (Å²) in [7, 11) is 0. The van der Waals surface area contributed by atoms with Gasteiger partial charge in [-0.05, 0) is 25.1 Å². The minimum atomic E-state index is -2.53. The fourth-order valence-electron chi connectivity index (χ4n) is 5.05.